The summed E-state index contributed by atoms with van der Waals surface area (Å²) in [4.78, 5) is 5.62. The fraction of sp³-hybridized carbons (Fsp3) is 0.400. The highest BCUT2D eigenvalue weighted by Gasteiger charge is 2.20. The van der Waals surface area contributed by atoms with E-state index in [9.17, 15) is 5.11 Å². The number of thiazole rings is 1. The molecular formula is C15H20N2OS. The normalized spacial score (nSPS) is 14.3. The number of rotatable bonds is 6. The molecule has 0 saturated heterocycles. The van der Waals surface area contributed by atoms with Crippen LogP contribution in [0.5, 0.6) is 0 Å². The van der Waals surface area contributed by atoms with Crippen LogP contribution in [0.1, 0.15) is 25.3 Å². The molecule has 2 N–H and O–H groups in total. The molecule has 3 nitrogen and oxygen atoms in total. The summed E-state index contributed by atoms with van der Waals surface area (Å²) in [5, 5.41) is 13.8. The number of aliphatic hydroxyl groups excluding tert-OH is 1. The van der Waals surface area contributed by atoms with E-state index in [4.69, 9.17) is 0 Å². The Balaban J connectivity index is 2.02. The largest absolute Gasteiger partial charge is 0.394 e. The van der Waals surface area contributed by atoms with Gasteiger partial charge in [-0.05, 0) is 18.9 Å². The molecule has 2 aromatic rings. The number of nitrogens with zero attached hydrogens (tertiary/aromatic N) is 1. The smallest absolute Gasteiger partial charge is 0.107 e. The maximum Gasteiger partial charge on any atom is 0.107 e. The molecule has 0 radical (unpaired) electrons. The molecule has 1 heterocycles. The van der Waals surface area contributed by atoms with Crippen molar-refractivity contribution in [3.63, 3.8) is 0 Å². The molecule has 19 heavy (non-hydrogen) atoms. The van der Waals surface area contributed by atoms with E-state index >= 15 is 0 Å². The van der Waals surface area contributed by atoms with Crippen molar-refractivity contribution in [2.24, 2.45) is 0 Å². The molecule has 0 amide bonds. The highest BCUT2D eigenvalue weighted by atomic mass is 32.1. The van der Waals surface area contributed by atoms with Crippen LogP contribution < -0.4 is 5.32 Å². The van der Waals surface area contributed by atoms with Crippen LogP contribution in [-0.2, 0) is 6.54 Å². The zero-order valence-electron chi connectivity index (χ0n) is 11.4. The van der Waals surface area contributed by atoms with Gasteiger partial charge in [-0.3, -0.25) is 0 Å². The molecule has 0 aliphatic heterocycles. The number of aromatic nitrogens is 1. The van der Waals surface area contributed by atoms with Crippen molar-refractivity contribution in [2.75, 3.05) is 6.61 Å². The standard InChI is InChI=1S/C15H20N2OS/c1-3-15(2,11-18)17-10-14-16-9-13(19-14)12-7-5-4-6-8-12/h4-9,17-18H,3,10-11H2,1-2H3. The summed E-state index contributed by atoms with van der Waals surface area (Å²) in [7, 11) is 0. The second kappa shape index (κ2) is 6.28. The fourth-order valence-electron chi connectivity index (χ4n) is 1.71. The summed E-state index contributed by atoms with van der Waals surface area (Å²) in [6, 6.07) is 10.3. The first-order valence-electron chi connectivity index (χ1n) is 6.53. The molecule has 0 spiro atoms. The fourth-order valence-corrected chi connectivity index (χ4v) is 2.57. The molecule has 2 rings (SSSR count). The summed E-state index contributed by atoms with van der Waals surface area (Å²) in [5.74, 6) is 0. The molecule has 0 fully saturated rings. The molecule has 0 saturated carbocycles. The molecule has 1 aromatic carbocycles. The molecule has 1 unspecified atom stereocenters. The van der Waals surface area contributed by atoms with Crippen LogP contribution in [0.2, 0.25) is 0 Å². The second-order valence-electron chi connectivity index (χ2n) is 4.91. The average molecular weight is 276 g/mol. The molecule has 0 aliphatic rings. The minimum atomic E-state index is -0.224. The predicted molar refractivity (Wildman–Crippen MR) is 80.2 cm³/mol. The summed E-state index contributed by atoms with van der Waals surface area (Å²) in [5.41, 5.74) is 0.977. The van der Waals surface area contributed by atoms with Crippen LogP contribution >= 0.6 is 11.3 Å². The van der Waals surface area contributed by atoms with Crippen molar-refractivity contribution in [3.8, 4) is 10.4 Å². The molecule has 1 atom stereocenters. The summed E-state index contributed by atoms with van der Waals surface area (Å²) >= 11 is 1.69. The van der Waals surface area contributed by atoms with Crippen molar-refractivity contribution in [1.29, 1.82) is 0 Å². The summed E-state index contributed by atoms with van der Waals surface area (Å²) in [6.45, 7) is 4.93. The van der Waals surface area contributed by atoms with E-state index in [0.29, 0.717) is 6.54 Å². The number of hydrogen-bond donors (Lipinski definition) is 2. The van der Waals surface area contributed by atoms with Crippen molar-refractivity contribution in [3.05, 3.63) is 41.5 Å². The van der Waals surface area contributed by atoms with Gasteiger partial charge in [-0.2, -0.15) is 0 Å². The third kappa shape index (κ3) is 3.62. The zero-order valence-corrected chi connectivity index (χ0v) is 12.2. The van der Waals surface area contributed by atoms with E-state index in [1.54, 1.807) is 11.3 Å². The molecule has 1 aromatic heterocycles. The molecular weight excluding hydrogens is 256 g/mol. The van der Waals surface area contributed by atoms with Gasteiger partial charge in [0.1, 0.15) is 5.01 Å². The summed E-state index contributed by atoms with van der Waals surface area (Å²) in [6.07, 6.45) is 2.81. The van der Waals surface area contributed by atoms with Crippen molar-refractivity contribution >= 4 is 11.3 Å². The minimum Gasteiger partial charge on any atom is -0.394 e. The lowest BCUT2D eigenvalue weighted by atomic mass is 10.0. The molecule has 4 heteroatoms. The van der Waals surface area contributed by atoms with Crippen LogP contribution in [-0.4, -0.2) is 22.2 Å². The Morgan fingerprint density at radius 2 is 2.05 bits per heavy atom. The lowest BCUT2D eigenvalue weighted by Crippen LogP contribution is -2.44. The third-order valence-electron chi connectivity index (χ3n) is 3.41. The topological polar surface area (TPSA) is 45.1 Å². The van der Waals surface area contributed by atoms with Gasteiger partial charge in [-0.1, -0.05) is 37.3 Å². The molecule has 102 valence electrons. The van der Waals surface area contributed by atoms with Crippen LogP contribution in [0.15, 0.2) is 36.5 Å². The quantitative estimate of drug-likeness (QED) is 0.852. The van der Waals surface area contributed by atoms with Gasteiger partial charge in [-0.15, -0.1) is 11.3 Å². The highest BCUT2D eigenvalue weighted by molar-refractivity contribution is 7.15. The van der Waals surface area contributed by atoms with Crippen molar-refractivity contribution in [2.45, 2.75) is 32.4 Å². The van der Waals surface area contributed by atoms with Gasteiger partial charge in [0.25, 0.3) is 0 Å². The van der Waals surface area contributed by atoms with Gasteiger partial charge < -0.3 is 10.4 Å². The Labute approximate surface area is 118 Å². The van der Waals surface area contributed by atoms with Gasteiger partial charge >= 0.3 is 0 Å². The van der Waals surface area contributed by atoms with E-state index in [-0.39, 0.29) is 12.1 Å². The minimum absolute atomic E-state index is 0.139. The van der Waals surface area contributed by atoms with Crippen LogP contribution in [0.4, 0.5) is 0 Å². The number of nitrogens with one attached hydrogen (secondary N) is 1. The lowest BCUT2D eigenvalue weighted by molar-refractivity contribution is 0.169. The maximum atomic E-state index is 9.37. The number of benzene rings is 1. The zero-order chi connectivity index (χ0) is 13.7. The van der Waals surface area contributed by atoms with Crippen molar-refractivity contribution in [1.82, 2.24) is 10.3 Å². The lowest BCUT2D eigenvalue weighted by Gasteiger charge is -2.26. The molecule has 0 aliphatic carbocycles. The first kappa shape index (κ1) is 14.2. The van der Waals surface area contributed by atoms with E-state index < -0.39 is 0 Å². The van der Waals surface area contributed by atoms with Crippen LogP contribution in [0, 0.1) is 0 Å². The van der Waals surface area contributed by atoms with E-state index in [1.807, 2.05) is 31.3 Å². The second-order valence-corrected chi connectivity index (χ2v) is 6.03. The summed E-state index contributed by atoms with van der Waals surface area (Å²) < 4.78 is 0. The Morgan fingerprint density at radius 3 is 2.68 bits per heavy atom. The van der Waals surface area contributed by atoms with Gasteiger partial charge in [0.2, 0.25) is 0 Å². The first-order chi connectivity index (χ1) is 9.17. The average Bonchev–Trinajstić information content (AvgIpc) is 2.95. The van der Waals surface area contributed by atoms with E-state index in [0.717, 1.165) is 11.4 Å². The van der Waals surface area contributed by atoms with Gasteiger partial charge in [0.05, 0.1) is 11.5 Å². The third-order valence-corrected chi connectivity index (χ3v) is 4.45. The number of hydrogen-bond acceptors (Lipinski definition) is 4. The highest BCUT2D eigenvalue weighted by Crippen LogP contribution is 2.26. The molecule has 0 bridgehead atoms. The van der Waals surface area contributed by atoms with Gasteiger partial charge in [0, 0.05) is 18.3 Å². The Kier molecular flexibility index (Phi) is 4.69. The first-order valence-corrected chi connectivity index (χ1v) is 7.34. The Bertz CT molecular complexity index is 506. The van der Waals surface area contributed by atoms with Crippen molar-refractivity contribution < 1.29 is 5.11 Å². The monoisotopic (exact) mass is 276 g/mol. The predicted octanol–water partition coefficient (Wildman–Crippen LogP) is 3.06. The van der Waals surface area contributed by atoms with E-state index in [1.165, 1.54) is 10.4 Å². The maximum absolute atomic E-state index is 9.37. The van der Waals surface area contributed by atoms with Gasteiger partial charge in [-0.25, -0.2) is 4.98 Å². The SMILES string of the molecule is CCC(C)(CO)NCc1ncc(-c2ccccc2)s1. The Hall–Kier alpha value is -1.23. The van der Waals surface area contributed by atoms with Crippen LogP contribution in [0.25, 0.3) is 10.4 Å². The van der Waals surface area contributed by atoms with E-state index in [2.05, 4.69) is 29.4 Å². The number of aliphatic hydroxyl groups is 1. The van der Waals surface area contributed by atoms with Crippen LogP contribution in [0.3, 0.4) is 0 Å². The van der Waals surface area contributed by atoms with Gasteiger partial charge in [0.15, 0.2) is 0 Å². The Morgan fingerprint density at radius 1 is 1.32 bits per heavy atom.